The van der Waals surface area contributed by atoms with Crippen LogP contribution in [0.3, 0.4) is 0 Å². The number of nitrogens with zero attached hydrogens (tertiary/aromatic N) is 2. The van der Waals surface area contributed by atoms with Crippen LogP contribution in [0.2, 0.25) is 0 Å². The van der Waals surface area contributed by atoms with Crippen molar-refractivity contribution in [1.82, 2.24) is 9.55 Å². The van der Waals surface area contributed by atoms with Crippen LogP contribution in [-0.2, 0) is 13.2 Å². The van der Waals surface area contributed by atoms with E-state index in [9.17, 15) is 0 Å². The van der Waals surface area contributed by atoms with E-state index in [0.717, 1.165) is 22.4 Å². The smallest absolute Gasteiger partial charge is 0.161 e. The summed E-state index contributed by atoms with van der Waals surface area (Å²) < 4.78 is 13.8. The molecule has 0 amide bonds. The molecule has 0 aliphatic carbocycles. The molecule has 4 rings (SSSR count). The molecule has 0 bridgehead atoms. The predicted octanol–water partition coefficient (Wildman–Crippen LogP) is 6.37. The number of methoxy groups -OCH3 is 1. The minimum absolute atomic E-state index is 0.354. The van der Waals surface area contributed by atoms with Crippen LogP contribution in [0.4, 0.5) is 0 Å². The average Bonchev–Trinajstić information content (AvgIpc) is 3.16. The summed E-state index contributed by atoms with van der Waals surface area (Å²) >= 11 is 0. The zero-order valence-electron chi connectivity index (χ0n) is 17.9. The monoisotopic (exact) mass is 410 g/mol. The summed E-state index contributed by atoms with van der Waals surface area (Å²) in [5, 5.41) is 0. The van der Waals surface area contributed by atoms with E-state index in [0.29, 0.717) is 24.7 Å². The molecule has 0 unspecified atom stereocenters. The zero-order valence-corrected chi connectivity index (χ0v) is 17.9. The van der Waals surface area contributed by atoms with E-state index >= 15 is 0 Å². The van der Waals surface area contributed by atoms with Crippen LogP contribution < -0.4 is 9.47 Å². The Morgan fingerprint density at radius 1 is 0.871 bits per heavy atom. The fraction of sp³-hybridized carbons (Fsp3) is 0.148. The van der Waals surface area contributed by atoms with Gasteiger partial charge in [-0.2, -0.15) is 0 Å². The Morgan fingerprint density at radius 2 is 1.68 bits per heavy atom. The molecule has 31 heavy (non-hydrogen) atoms. The molecule has 4 aromatic rings. The quantitative estimate of drug-likeness (QED) is 0.339. The third-order valence-electron chi connectivity index (χ3n) is 5.04. The predicted molar refractivity (Wildman–Crippen MR) is 127 cm³/mol. The summed E-state index contributed by atoms with van der Waals surface area (Å²) in [4.78, 5) is 4.81. The third-order valence-corrected chi connectivity index (χ3v) is 5.04. The molecule has 0 fully saturated rings. The summed E-state index contributed by atoms with van der Waals surface area (Å²) in [5.74, 6) is 2.29. The van der Waals surface area contributed by atoms with Gasteiger partial charge in [0.05, 0.1) is 18.1 Å². The lowest BCUT2D eigenvalue weighted by Gasteiger charge is -2.12. The van der Waals surface area contributed by atoms with Crippen LogP contribution in [0, 0.1) is 0 Å². The molecule has 0 radical (unpaired) electrons. The number of aromatic nitrogens is 2. The molecular formula is C27H26N2O2. The third kappa shape index (κ3) is 4.86. The van der Waals surface area contributed by atoms with Gasteiger partial charge in [-0.1, -0.05) is 72.8 Å². The number of rotatable bonds is 8. The van der Waals surface area contributed by atoms with Crippen LogP contribution in [0.1, 0.15) is 23.9 Å². The van der Waals surface area contributed by atoms with E-state index < -0.39 is 0 Å². The molecular weight excluding hydrogens is 384 g/mol. The number of benzene rings is 3. The molecule has 3 aromatic carbocycles. The largest absolute Gasteiger partial charge is 0.493 e. The zero-order chi connectivity index (χ0) is 21.5. The standard InChI is InChI=1S/C27H26N2O2/c1-3-10-22-16-17-25(26(19-22)30-2)31-20-27-28-23-14-7-8-15-24(23)29(27)18-9-13-21-11-5-4-6-12-21/h3-17,19H,18,20H2,1-2H3/b10-3-,13-9-. The van der Waals surface area contributed by atoms with Gasteiger partial charge in [-0.05, 0) is 42.3 Å². The van der Waals surface area contributed by atoms with Crippen LogP contribution in [-0.4, -0.2) is 16.7 Å². The summed E-state index contributed by atoms with van der Waals surface area (Å²) in [7, 11) is 1.66. The van der Waals surface area contributed by atoms with Gasteiger partial charge in [-0.15, -0.1) is 0 Å². The highest BCUT2D eigenvalue weighted by Crippen LogP contribution is 2.29. The highest BCUT2D eigenvalue weighted by Gasteiger charge is 2.12. The SMILES string of the molecule is C/C=C\c1ccc(OCc2nc3ccccc3n2C/C=C\c2ccccc2)c(OC)c1. The van der Waals surface area contributed by atoms with Gasteiger partial charge in [0.2, 0.25) is 0 Å². The number of hydrogen-bond acceptors (Lipinski definition) is 3. The van der Waals surface area contributed by atoms with Gasteiger partial charge in [0.15, 0.2) is 11.5 Å². The lowest BCUT2D eigenvalue weighted by molar-refractivity contribution is 0.273. The molecule has 0 N–H and O–H groups in total. The second kappa shape index (κ2) is 9.81. The maximum absolute atomic E-state index is 6.13. The Hall–Kier alpha value is -3.79. The van der Waals surface area contributed by atoms with E-state index in [4.69, 9.17) is 14.5 Å². The number of allylic oxidation sites excluding steroid dienone is 2. The summed E-state index contributed by atoms with van der Waals surface area (Å²) in [6.07, 6.45) is 8.31. The van der Waals surface area contributed by atoms with Crippen molar-refractivity contribution < 1.29 is 9.47 Å². The lowest BCUT2D eigenvalue weighted by Crippen LogP contribution is -2.07. The van der Waals surface area contributed by atoms with Gasteiger partial charge in [0, 0.05) is 6.54 Å². The van der Waals surface area contributed by atoms with Gasteiger partial charge in [0.1, 0.15) is 12.4 Å². The molecule has 0 saturated carbocycles. The van der Waals surface area contributed by atoms with Crippen molar-refractivity contribution in [3.05, 3.63) is 102 Å². The molecule has 1 heterocycles. The Kier molecular flexibility index (Phi) is 6.48. The topological polar surface area (TPSA) is 36.3 Å². The van der Waals surface area contributed by atoms with E-state index in [1.54, 1.807) is 7.11 Å². The first kappa shape index (κ1) is 20.5. The fourth-order valence-electron chi connectivity index (χ4n) is 3.54. The van der Waals surface area contributed by atoms with Crippen molar-refractivity contribution in [1.29, 1.82) is 0 Å². The first-order valence-electron chi connectivity index (χ1n) is 10.4. The summed E-state index contributed by atoms with van der Waals surface area (Å²) in [6.45, 7) is 3.06. The van der Waals surface area contributed by atoms with Gasteiger partial charge in [-0.25, -0.2) is 4.98 Å². The maximum atomic E-state index is 6.13. The van der Waals surface area contributed by atoms with Crippen LogP contribution >= 0.6 is 0 Å². The average molecular weight is 411 g/mol. The highest BCUT2D eigenvalue weighted by atomic mass is 16.5. The Labute approximate surface area is 183 Å². The first-order chi connectivity index (χ1) is 15.3. The van der Waals surface area contributed by atoms with E-state index in [2.05, 4.69) is 34.9 Å². The van der Waals surface area contributed by atoms with Gasteiger partial charge in [0.25, 0.3) is 0 Å². The number of para-hydroxylation sites is 2. The fourth-order valence-corrected chi connectivity index (χ4v) is 3.54. The minimum atomic E-state index is 0.354. The van der Waals surface area contributed by atoms with Gasteiger partial charge >= 0.3 is 0 Å². The normalized spacial score (nSPS) is 11.5. The van der Waals surface area contributed by atoms with Crippen molar-refractivity contribution in [2.24, 2.45) is 0 Å². The molecule has 0 aliphatic heterocycles. The molecule has 0 atom stereocenters. The molecule has 4 heteroatoms. The molecule has 156 valence electrons. The number of fused-ring (bicyclic) bond motifs is 1. The Morgan fingerprint density at radius 3 is 2.48 bits per heavy atom. The summed E-state index contributed by atoms with van der Waals surface area (Å²) in [5.41, 5.74) is 4.31. The van der Waals surface area contributed by atoms with Crippen molar-refractivity contribution in [3.8, 4) is 11.5 Å². The first-order valence-corrected chi connectivity index (χ1v) is 10.4. The van der Waals surface area contributed by atoms with Crippen molar-refractivity contribution in [2.45, 2.75) is 20.1 Å². The molecule has 0 aliphatic rings. The van der Waals surface area contributed by atoms with E-state index in [-0.39, 0.29) is 0 Å². The van der Waals surface area contributed by atoms with Crippen LogP contribution in [0.15, 0.2) is 84.9 Å². The van der Waals surface area contributed by atoms with Gasteiger partial charge < -0.3 is 14.0 Å². The van der Waals surface area contributed by atoms with E-state index in [1.165, 1.54) is 5.56 Å². The molecule has 0 saturated heterocycles. The van der Waals surface area contributed by atoms with Gasteiger partial charge in [-0.3, -0.25) is 0 Å². The van der Waals surface area contributed by atoms with Crippen LogP contribution in [0.25, 0.3) is 23.2 Å². The molecule has 0 spiro atoms. The minimum Gasteiger partial charge on any atom is -0.493 e. The van der Waals surface area contributed by atoms with Crippen molar-refractivity contribution in [2.75, 3.05) is 7.11 Å². The van der Waals surface area contributed by atoms with Crippen molar-refractivity contribution in [3.63, 3.8) is 0 Å². The Balaban J connectivity index is 1.58. The summed E-state index contributed by atoms with van der Waals surface area (Å²) in [6, 6.07) is 24.4. The number of hydrogen-bond donors (Lipinski definition) is 0. The van der Waals surface area contributed by atoms with E-state index in [1.807, 2.05) is 73.7 Å². The van der Waals surface area contributed by atoms with Crippen LogP contribution in [0.5, 0.6) is 11.5 Å². The highest BCUT2D eigenvalue weighted by molar-refractivity contribution is 5.76. The number of ether oxygens (including phenoxy) is 2. The Bertz CT molecular complexity index is 1210. The molecule has 4 nitrogen and oxygen atoms in total. The molecule has 1 aromatic heterocycles. The number of imidazole rings is 1. The van der Waals surface area contributed by atoms with Crippen molar-refractivity contribution >= 4 is 23.2 Å². The lowest BCUT2D eigenvalue weighted by atomic mass is 10.2. The second-order valence-corrected chi connectivity index (χ2v) is 7.14. The second-order valence-electron chi connectivity index (χ2n) is 7.14. The maximum Gasteiger partial charge on any atom is 0.161 e.